The monoisotopic (exact) mass is 247 g/mol. The molecule has 1 aliphatic rings. The van der Waals surface area contributed by atoms with Gasteiger partial charge in [0.1, 0.15) is 0 Å². The van der Waals surface area contributed by atoms with Crippen molar-refractivity contribution in [3.8, 4) is 0 Å². The molecule has 2 rings (SSSR count). The third-order valence-electron chi connectivity index (χ3n) is 3.62. The highest BCUT2D eigenvalue weighted by Crippen LogP contribution is 2.34. The molecule has 3 unspecified atom stereocenters. The van der Waals surface area contributed by atoms with Crippen molar-refractivity contribution in [3.05, 3.63) is 30.3 Å². The predicted octanol–water partition coefficient (Wildman–Crippen LogP) is 3.08. The average Bonchev–Trinajstić information content (AvgIpc) is 2.72. The van der Waals surface area contributed by atoms with E-state index in [4.69, 9.17) is 4.74 Å². The van der Waals surface area contributed by atoms with E-state index in [0.717, 1.165) is 18.5 Å². The van der Waals surface area contributed by atoms with Crippen LogP contribution in [0.15, 0.2) is 30.3 Å². The molecule has 18 heavy (non-hydrogen) atoms. The third-order valence-corrected chi connectivity index (χ3v) is 3.62. The molecule has 1 aromatic rings. The van der Waals surface area contributed by atoms with E-state index in [1.54, 1.807) is 0 Å². The number of hydrogen-bond acceptors (Lipinski definition) is 3. The van der Waals surface area contributed by atoms with Crippen LogP contribution in [0.2, 0.25) is 0 Å². The second-order valence-electron chi connectivity index (χ2n) is 5.01. The van der Waals surface area contributed by atoms with E-state index in [1.807, 2.05) is 25.1 Å². The molecule has 0 amide bonds. The third kappa shape index (κ3) is 3.03. The molecule has 1 fully saturated rings. The number of carbonyl (C=O) groups excluding carboxylic acids is 1. The Morgan fingerprint density at radius 3 is 2.72 bits per heavy atom. The Balaban J connectivity index is 1.92. The van der Waals surface area contributed by atoms with Gasteiger partial charge in [-0.15, -0.1) is 0 Å². The number of esters is 1. The van der Waals surface area contributed by atoms with Gasteiger partial charge in [-0.05, 0) is 37.8 Å². The van der Waals surface area contributed by atoms with Gasteiger partial charge in [0, 0.05) is 11.7 Å². The van der Waals surface area contributed by atoms with Gasteiger partial charge in [-0.1, -0.05) is 25.1 Å². The summed E-state index contributed by atoms with van der Waals surface area (Å²) < 4.78 is 5.13. The average molecular weight is 247 g/mol. The predicted molar refractivity (Wildman–Crippen MR) is 72.4 cm³/mol. The van der Waals surface area contributed by atoms with Gasteiger partial charge in [0.25, 0.3) is 0 Å². The molecular weight excluding hydrogens is 226 g/mol. The Kier molecular flexibility index (Phi) is 4.24. The van der Waals surface area contributed by atoms with Gasteiger partial charge in [-0.25, -0.2) is 0 Å². The molecule has 0 aromatic heterocycles. The Labute approximate surface area is 109 Å². The van der Waals surface area contributed by atoms with Crippen LogP contribution in [0.25, 0.3) is 0 Å². The first-order valence-electron chi connectivity index (χ1n) is 6.69. The lowest BCUT2D eigenvalue weighted by atomic mass is 9.99. The normalized spacial score (nSPS) is 26.9. The highest BCUT2D eigenvalue weighted by atomic mass is 16.5. The lowest BCUT2D eigenvalue weighted by Crippen LogP contribution is -2.21. The molecule has 0 aliphatic heterocycles. The number of benzene rings is 1. The molecule has 0 saturated heterocycles. The molecule has 3 atom stereocenters. The van der Waals surface area contributed by atoms with Gasteiger partial charge >= 0.3 is 5.97 Å². The van der Waals surface area contributed by atoms with E-state index in [1.165, 1.54) is 0 Å². The minimum absolute atomic E-state index is 0.0395. The molecule has 1 N–H and O–H groups in total. The molecule has 98 valence electrons. The van der Waals surface area contributed by atoms with Gasteiger partial charge < -0.3 is 10.1 Å². The van der Waals surface area contributed by atoms with Gasteiger partial charge in [0.15, 0.2) is 0 Å². The number of anilines is 1. The van der Waals surface area contributed by atoms with Crippen LogP contribution >= 0.6 is 0 Å². The van der Waals surface area contributed by atoms with Crippen molar-refractivity contribution in [1.29, 1.82) is 0 Å². The van der Waals surface area contributed by atoms with Crippen LogP contribution in [0.4, 0.5) is 5.69 Å². The van der Waals surface area contributed by atoms with E-state index >= 15 is 0 Å². The van der Waals surface area contributed by atoms with Gasteiger partial charge in [0.05, 0.1) is 12.5 Å². The molecular formula is C15H21NO2. The molecule has 0 spiro atoms. The van der Waals surface area contributed by atoms with Crippen LogP contribution in [-0.4, -0.2) is 18.6 Å². The molecule has 3 heteroatoms. The second kappa shape index (κ2) is 5.89. The van der Waals surface area contributed by atoms with Crippen molar-refractivity contribution in [2.45, 2.75) is 32.7 Å². The van der Waals surface area contributed by atoms with Crippen LogP contribution < -0.4 is 5.32 Å². The summed E-state index contributed by atoms with van der Waals surface area (Å²) in [5, 5.41) is 3.49. The van der Waals surface area contributed by atoms with Crippen LogP contribution in [0.3, 0.4) is 0 Å². The topological polar surface area (TPSA) is 38.3 Å². The Hall–Kier alpha value is -1.51. The van der Waals surface area contributed by atoms with Crippen LogP contribution in [0.1, 0.15) is 26.7 Å². The van der Waals surface area contributed by atoms with Crippen molar-refractivity contribution in [2.24, 2.45) is 11.8 Å². The SMILES string of the molecule is CCOC(=O)C1CC(Nc2ccccc2)CC1C. The second-order valence-corrected chi connectivity index (χ2v) is 5.01. The van der Waals surface area contributed by atoms with Crippen LogP contribution in [0, 0.1) is 11.8 Å². The first kappa shape index (κ1) is 12.9. The van der Waals surface area contributed by atoms with Crippen molar-refractivity contribution < 1.29 is 9.53 Å². The highest BCUT2D eigenvalue weighted by Gasteiger charge is 2.36. The zero-order chi connectivity index (χ0) is 13.0. The van der Waals surface area contributed by atoms with E-state index in [-0.39, 0.29) is 11.9 Å². The number of para-hydroxylation sites is 1. The summed E-state index contributed by atoms with van der Waals surface area (Å²) >= 11 is 0. The van der Waals surface area contributed by atoms with Crippen molar-refractivity contribution >= 4 is 11.7 Å². The Bertz CT molecular complexity index is 391. The number of carbonyl (C=O) groups is 1. The summed E-state index contributed by atoms with van der Waals surface area (Å²) in [5.41, 5.74) is 1.12. The molecule has 3 nitrogen and oxygen atoms in total. The molecule has 1 aliphatic carbocycles. The largest absolute Gasteiger partial charge is 0.466 e. The Morgan fingerprint density at radius 2 is 2.06 bits per heavy atom. The minimum atomic E-state index is -0.0395. The standard InChI is InChI=1S/C15H21NO2/c1-3-18-15(17)14-10-13(9-11(14)2)16-12-7-5-4-6-8-12/h4-8,11,13-14,16H,3,9-10H2,1-2H3. The lowest BCUT2D eigenvalue weighted by Gasteiger charge is -2.14. The van der Waals surface area contributed by atoms with Crippen LogP contribution in [0.5, 0.6) is 0 Å². The summed E-state index contributed by atoms with van der Waals surface area (Å²) in [6.07, 6.45) is 1.90. The number of nitrogens with one attached hydrogen (secondary N) is 1. The molecule has 0 heterocycles. The fourth-order valence-electron chi connectivity index (χ4n) is 2.71. The maximum Gasteiger partial charge on any atom is 0.309 e. The minimum Gasteiger partial charge on any atom is -0.466 e. The summed E-state index contributed by atoms with van der Waals surface area (Å²) in [6.45, 7) is 4.46. The first-order valence-corrected chi connectivity index (χ1v) is 6.69. The zero-order valence-electron chi connectivity index (χ0n) is 11.1. The van der Waals surface area contributed by atoms with Gasteiger partial charge in [-0.3, -0.25) is 4.79 Å². The van der Waals surface area contributed by atoms with Crippen LogP contribution in [-0.2, 0) is 9.53 Å². The highest BCUT2D eigenvalue weighted by molar-refractivity contribution is 5.73. The summed E-state index contributed by atoms with van der Waals surface area (Å²) in [6, 6.07) is 10.5. The summed E-state index contributed by atoms with van der Waals surface area (Å²) in [7, 11) is 0. The van der Waals surface area contributed by atoms with Gasteiger partial charge in [-0.2, -0.15) is 0 Å². The molecule has 1 aromatic carbocycles. The fraction of sp³-hybridized carbons (Fsp3) is 0.533. The maximum absolute atomic E-state index is 11.8. The van der Waals surface area contributed by atoms with E-state index in [2.05, 4.69) is 24.4 Å². The van der Waals surface area contributed by atoms with Crippen molar-refractivity contribution in [2.75, 3.05) is 11.9 Å². The van der Waals surface area contributed by atoms with Gasteiger partial charge in [0.2, 0.25) is 0 Å². The van der Waals surface area contributed by atoms with Crippen molar-refractivity contribution in [3.63, 3.8) is 0 Å². The first-order chi connectivity index (χ1) is 8.70. The van der Waals surface area contributed by atoms with E-state index < -0.39 is 0 Å². The zero-order valence-corrected chi connectivity index (χ0v) is 11.1. The fourth-order valence-corrected chi connectivity index (χ4v) is 2.71. The lowest BCUT2D eigenvalue weighted by molar-refractivity contribution is -0.149. The van der Waals surface area contributed by atoms with E-state index in [0.29, 0.717) is 18.6 Å². The summed E-state index contributed by atoms with van der Waals surface area (Å²) in [4.78, 5) is 11.8. The number of ether oxygens (including phenoxy) is 1. The molecule has 0 radical (unpaired) electrons. The number of rotatable bonds is 4. The Morgan fingerprint density at radius 1 is 1.33 bits per heavy atom. The molecule has 1 saturated carbocycles. The maximum atomic E-state index is 11.8. The quantitative estimate of drug-likeness (QED) is 0.831. The smallest absolute Gasteiger partial charge is 0.309 e. The number of hydrogen-bond donors (Lipinski definition) is 1. The van der Waals surface area contributed by atoms with E-state index in [9.17, 15) is 4.79 Å². The summed E-state index contributed by atoms with van der Waals surface area (Å²) in [5.74, 6) is 0.402. The van der Waals surface area contributed by atoms with Crippen molar-refractivity contribution in [1.82, 2.24) is 0 Å². The molecule has 0 bridgehead atoms.